The van der Waals surface area contributed by atoms with Crippen LogP contribution in [0.3, 0.4) is 0 Å². The summed E-state index contributed by atoms with van der Waals surface area (Å²) in [6, 6.07) is 11.0. The predicted octanol–water partition coefficient (Wildman–Crippen LogP) is 1.42. The van der Waals surface area contributed by atoms with Crippen molar-refractivity contribution in [3.63, 3.8) is 0 Å². The molecule has 0 spiro atoms. The number of carboxylic acid groups (broad SMARTS) is 1. The Labute approximate surface area is 137 Å². The molecule has 0 saturated carbocycles. The van der Waals surface area contributed by atoms with Gasteiger partial charge in [-0.25, -0.2) is 0 Å². The lowest BCUT2D eigenvalue weighted by Crippen LogP contribution is -2.53. The van der Waals surface area contributed by atoms with E-state index in [9.17, 15) is 15.0 Å². The quantitative estimate of drug-likeness (QED) is 0.879. The topological polar surface area (TPSA) is 64.0 Å². The van der Waals surface area contributed by atoms with Crippen LogP contribution < -0.4 is 0 Å². The third-order valence-corrected chi connectivity index (χ3v) is 5.25. The number of likely N-dealkylation sites (tertiary alicyclic amines) is 2. The molecule has 0 unspecified atom stereocenters. The van der Waals surface area contributed by atoms with Crippen molar-refractivity contribution in [2.24, 2.45) is 5.92 Å². The monoisotopic (exact) mass is 318 g/mol. The third kappa shape index (κ3) is 4.10. The largest absolute Gasteiger partial charge is 0.481 e. The molecule has 2 atom stereocenters. The van der Waals surface area contributed by atoms with E-state index in [1.807, 2.05) is 6.07 Å². The molecule has 23 heavy (non-hydrogen) atoms. The molecule has 2 N–H and O–H groups in total. The smallest absolute Gasteiger partial charge is 0.310 e. The second kappa shape index (κ2) is 7.43. The lowest BCUT2D eigenvalue weighted by molar-refractivity contribution is -0.149. The van der Waals surface area contributed by atoms with Gasteiger partial charge in [-0.3, -0.25) is 14.6 Å². The van der Waals surface area contributed by atoms with E-state index in [0.29, 0.717) is 19.0 Å². The maximum absolute atomic E-state index is 11.3. The Kier molecular flexibility index (Phi) is 5.30. The molecule has 2 aliphatic rings. The Bertz CT molecular complexity index is 514. The molecule has 0 bridgehead atoms. The van der Waals surface area contributed by atoms with Crippen molar-refractivity contribution in [3.8, 4) is 0 Å². The minimum absolute atomic E-state index is 0.455. The summed E-state index contributed by atoms with van der Waals surface area (Å²) in [7, 11) is 0. The van der Waals surface area contributed by atoms with Gasteiger partial charge in [0.2, 0.25) is 0 Å². The number of carboxylic acids is 1. The van der Waals surface area contributed by atoms with E-state index in [1.165, 1.54) is 5.56 Å². The van der Waals surface area contributed by atoms with E-state index in [-0.39, 0.29) is 0 Å². The standard InChI is InChI=1S/C18H26N2O3/c21-17-8-11-20(13-16(17)18(22)23)15-6-9-19(10-7-15)12-14-4-2-1-3-5-14/h1-5,15-17,21H,6-13H2,(H,22,23)/t16-,17+/m1/s1. The average molecular weight is 318 g/mol. The van der Waals surface area contributed by atoms with Gasteiger partial charge in [0.05, 0.1) is 12.0 Å². The molecule has 2 heterocycles. The average Bonchev–Trinajstić information content (AvgIpc) is 2.57. The molecule has 1 aromatic carbocycles. The molecular weight excluding hydrogens is 292 g/mol. The second-order valence-electron chi connectivity index (χ2n) is 6.79. The van der Waals surface area contributed by atoms with Gasteiger partial charge in [-0.1, -0.05) is 30.3 Å². The van der Waals surface area contributed by atoms with Crippen molar-refractivity contribution < 1.29 is 15.0 Å². The first-order chi connectivity index (χ1) is 11.1. The highest BCUT2D eigenvalue weighted by Gasteiger charge is 2.36. The van der Waals surface area contributed by atoms with Crippen LogP contribution in [0.2, 0.25) is 0 Å². The molecular formula is C18H26N2O3. The maximum atomic E-state index is 11.3. The Morgan fingerprint density at radius 1 is 1.09 bits per heavy atom. The number of aliphatic hydroxyl groups excluding tert-OH is 1. The van der Waals surface area contributed by atoms with Crippen LogP contribution >= 0.6 is 0 Å². The van der Waals surface area contributed by atoms with Crippen molar-refractivity contribution in [1.29, 1.82) is 0 Å². The summed E-state index contributed by atoms with van der Waals surface area (Å²) in [5.41, 5.74) is 1.35. The highest BCUT2D eigenvalue weighted by molar-refractivity contribution is 5.71. The zero-order chi connectivity index (χ0) is 16.2. The van der Waals surface area contributed by atoms with E-state index in [0.717, 1.165) is 39.0 Å². The van der Waals surface area contributed by atoms with Crippen LogP contribution in [-0.2, 0) is 11.3 Å². The number of aliphatic hydroxyl groups is 1. The summed E-state index contributed by atoms with van der Waals surface area (Å²) in [5.74, 6) is -1.50. The molecule has 2 fully saturated rings. The van der Waals surface area contributed by atoms with Crippen LogP contribution in [0.1, 0.15) is 24.8 Å². The van der Waals surface area contributed by atoms with Crippen LogP contribution in [0.25, 0.3) is 0 Å². The molecule has 2 saturated heterocycles. The number of aliphatic carboxylic acids is 1. The molecule has 126 valence electrons. The molecule has 0 amide bonds. The molecule has 0 aliphatic carbocycles. The Morgan fingerprint density at radius 3 is 2.43 bits per heavy atom. The first-order valence-corrected chi connectivity index (χ1v) is 8.54. The Hall–Kier alpha value is -1.43. The van der Waals surface area contributed by atoms with Gasteiger partial charge in [-0.2, -0.15) is 0 Å². The Morgan fingerprint density at radius 2 is 1.78 bits per heavy atom. The molecule has 3 rings (SSSR count). The number of hydrogen-bond acceptors (Lipinski definition) is 4. The van der Waals surface area contributed by atoms with Gasteiger partial charge in [0.15, 0.2) is 0 Å². The fraction of sp³-hybridized carbons (Fsp3) is 0.611. The van der Waals surface area contributed by atoms with Crippen LogP contribution in [0.15, 0.2) is 30.3 Å². The zero-order valence-electron chi connectivity index (χ0n) is 13.5. The van der Waals surface area contributed by atoms with Gasteiger partial charge < -0.3 is 10.2 Å². The first kappa shape index (κ1) is 16.4. The van der Waals surface area contributed by atoms with E-state index in [2.05, 4.69) is 34.1 Å². The summed E-state index contributed by atoms with van der Waals surface area (Å²) in [6.45, 7) is 4.39. The van der Waals surface area contributed by atoms with Crippen molar-refractivity contribution in [1.82, 2.24) is 9.80 Å². The number of carbonyl (C=O) groups is 1. The van der Waals surface area contributed by atoms with Crippen LogP contribution in [0, 0.1) is 5.92 Å². The number of rotatable bonds is 4. The summed E-state index contributed by atoms with van der Waals surface area (Å²) in [5, 5.41) is 19.1. The second-order valence-corrected chi connectivity index (χ2v) is 6.79. The minimum Gasteiger partial charge on any atom is -0.481 e. The van der Waals surface area contributed by atoms with Crippen molar-refractivity contribution in [2.75, 3.05) is 26.2 Å². The minimum atomic E-state index is -0.872. The van der Waals surface area contributed by atoms with Gasteiger partial charge in [-0.05, 0) is 37.9 Å². The molecule has 5 nitrogen and oxygen atoms in total. The highest BCUT2D eigenvalue weighted by Crippen LogP contribution is 2.25. The zero-order valence-corrected chi connectivity index (χ0v) is 13.5. The van der Waals surface area contributed by atoms with Crippen molar-refractivity contribution in [3.05, 3.63) is 35.9 Å². The number of piperidine rings is 2. The van der Waals surface area contributed by atoms with Crippen molar-refractivity contribution in [2.45, 2.75) is 38.0 Å². The van der Waals surface area contributed by atoms with E-state index in [1.54, 1.807) is 0 Å². The van der Waals surface area contributed by atoms with E-state index in [4.69, 9.17) is 0 Å². The number of benzene rings is 1. The lowest BCUT2D eigenvalue weighted by atomic mass is 9.91. The highest BCUT2D eigenvalue weighted by atomic mass is 16.4. The fourth-order valence-corrected chi connectivity index (χ4v) is 3.82. The normalized spacial score (nSPS) is 27.9. The van der Waals surface area contributed by atoms with Crippen LogP contribution in [-0.4, -0.2) is 64.3 Å². The number of nitrogens with zero attached hydrogens (tertiary/aromatic N) is 2. The summed E-state index contributed by atoms with van der Waals surface area (Å²) >= 11 is 0. The van der Waals surface area contributed by atoms with Gasteiger partial charge in [0, 0.05) is 25.7 Å². The van der Waals surface area contributed by atoms with E-state index >= 15 is 0 Å². The fourth-order valence-electron chi connectivity index (χ4n) is 3.82. The van der Waals surface area contributed by atoms with Crippen LogP contribution in [0.5, 0.6) is 0 Å². The molecule has 1 aromatic rings. The molecule has 0 aromatic heterocycles. The molecule has 5 heteroatoms. The van der Waals surface area contributed by atoms with Crippen LogP contribution in [0.4, 0.5) is 0 Å². The van der Waals surface area contributed by atoms with Gasteiger partial charge in [-0.15, -0.1) is 0 Å². The third-order valence-electron chi connectivity index (χ3n) is 5.25. The molecule has 0 radical (unpaired) electrons. The first-order valence-electron chi connectivity index (χ1n) is 8.54. The maximum Gasteiger partial charge on any atom is 0.310 e. The number of hydrogen-bond donors (Lipinski definition) is 2. The van der Waals surface area contributed by atoms with E-state index < -0.39 is 18.0 Å². The Balaban J connectivity index is 1.50. The van der Waals surface area contributed by atoms with Crippen molar-refractivity contribution >= 4 is 5.97 Å². The predicted molar refractivity (Wildman–Crippen MR) is 88.1 cm³/mol. The van der Waals surface area contributed by atoms with Gasteiger partial charge in [0.25, 0.3) is 0 Å². The summed E-state index contributed by atoms with van der Waals surface area (Å²) in [4.78, 5) is 16.0. The summed E-state index contributed by atoms with van der Waals surface area (Å²) < 4.78 is 0. The SMILES string of the molecule is O=C(O)[C@@H]1CN(C2CCN(Cc3ccccc3)CC2)CC[C@@H]1O. The molecule has 2 aliphatic heterocycles. The van der Waals surface area contributed by atoms with Gasteiger partial charge >= 0.3 is 5.97 Å². The lowest BCUT2D eigenvalue weighted by Gasteiger charge is -2.42. The van der Waals surface area contributed by atoms with Gasteiger partial charge in [0.1, 0.15) is 0 Å². The summed E-state index contributed by atoms with van der Waals surface area (Å²) in [6.07, 6.45) is 2.04.